The summed E-state index contributed by atoms with van der Waals surface area (Å²) in [6.07, 6.45) is 4.22. The van der Waals surface area contributed by atoms with E-state index in [0.29, 0.717) is 0 Å². The molecule has 2 N–H and O–H groups in total. The van der Waals surface area contributed by atoms with Crippen LogP contribution >= 0.6 is 0 Å². The molecule has 17 heavy (non-hydrogen) atoms. The van der Waals surface area contributed by atoms with Gasteiger partial charge in [0.2, 0.25) is 0 Å². The minimum atomic E-state index is -0.700. The summed E-state index contributed by atoms with van der Waals surface area (Å²) in [6, 6.07) is 10.5. The highest BCUT2D eigenvalue weighted by Gasteiger charge is 1.96. The molecule has 1 aromatic rings. The molecule has 0 saturated carbocycles. The Kier molecular flexibility index (Phi) is 7.07. The molecule has 0 unspecified atom stereocenters. The topological polar surface area (TPSA) is 49.3 Å². The number of aliphatic carboxylic acids is 1. The quantitative estimate of drug-likeness (QED) is 0.646. The molecule has 0 aliphatic heterocycles. The zero-order chi connectivity index (χ0) is 12.3. The fraction of sp³-hybridized carbons (Fsp3) is 0.500. The van der Waals surface area contributed by atoms with E-state index in [0.717, 1.165) is 38.8 Å². The first-order valence-corrected chi connectivity index (χ1v) is 6.25. The summed E-state index contributed by atoms with van der Waals surface area (Å²) in [5.74, 6) is -0.700. The van der Waals surface area contributed by atoms with Gasteiger partial charge in [0.05, 0.1) is 0 Å². The number of nitrogens with one attached hydrogen (secondary N) is 1. The molecule has 94 valence electrons. The Hall–Kier alpha value is -1.35. The van der Waals surface area contributed by atoms with Crippen molar-refractivity contribution in [2.75, 3.05) is 13.1 Å². The lowest BCUT2D eigenvalue weighted by molar-refractivity contribution is -0.137. The number of carbonyl (C=O) groups is 1. The summed E-state index contributed by atoms with van der Waals surface area (Å²) in [4.78, 5) is 10.3. The molecule has 0 aliphatic rings. The van der Waals surface area contributed by atoms with Crippen LogP contribution in [0.1, 0.15) is 31.2 Å². The Morgan fingerprint density at radius 2 is 1.76 bits per heavy atom. The van der Waals surface area contributed by atoms with E-state index in [1.807, 2.05) is 6.07 Å². The Morgan fingerprint density at radius 3 is 2.47 bits per heavy atom. The number of carboxylic acid groups (broad SMARTS) is 1. The maximum atomic E-state index is 10.3. The van der Waals surface area contributed by atoms with Crippen molar-refractivity contribution in [3.63, 3.8) is 0 Å². The predicted molar refractivity (Wildman–Crippen MR) is 69.1 cm³/mol. The van der Waals surface area contributed by atoms with Crippen LogP contribution in [0.2, 0.25) is 0 Å². The molecular weight excluding hydrogens is 214 g/mol. The summed E-state index contributed by atoms with van der Waals surface area (Å²) in [5.41, 5.74) is 1.38. The van der Waals surface area contributed by atoms with Crippen LogP contribution in [0.5, 0.6) is 0 Å². The summed E-state index contributed by atoms with van der Waals surface area (Å²) in [7, 11) is 0. The Labute approximate surface area is 103 Å². The molecule has 0 radical (unpaired) electrons. The first-order chi connectivity index (χ1) is 8.29. The second-order valence-electron chi connectivity index (χ2n) is 4.19. The minimum Gasteiger partial charge on any atom is -0.481 e. The van der Waals surface area contributed by atoms with E-state index in [2.05, 4.69) is 29.6 Å². The molecular formula is C14H21NO2. The number of aryl methyl sites for hydroxylation is 1. The van der Waals surface area contributed by atoms with Gasteiger partial charge in [-0.2, -0.15) is 0 Å². The third-order valence-corrected chi connectivity index (χ3v) is 2.66. The van der Waals surface area contributed by atoms with Gasteiger partial charge in [-0.1, -0.05) is 30.3 Å². The number of benzene rings is 1. The molecule has 0 fully saturated rings. The Morgan fingerprint density at radius 1 is 1.06 bits per heavy atom. The molecule has 0 aromatic heterocycles. The van der Waals surface area contributed by atoms with Gasteiger partial charge in [0.1, 0.15) is 0 Å². The van der Waals surface area contributed by atoms with Crippen molar-refractivity contribution in [1.29, 1.82) is 0 Å². The zero-order valence-electron chi connectivity index (χ0n) is 10.2. The van der Waals surface area contributed by atoms with Gasteiger partial charge in [-0.25, -0.2) is 0 Å². The molecule has 0 bridgehead atoms. The average molecular weight is 235 g/mol. The normalized spacial score (nSPS) is 10.4. The fourth-order valence-corrected chi connectivity index (χ4v) is 1.71. The van der Waals surface area contributed by atoms with Crippen LogP contribution in [0.15, 0.2) is 30.3 Å². The first kappa shape index (κ1) is 13.7. The number of carboxylic acids is 1. The zero-order valence-corrected chi connectivity index (χ0v) is 10.2. The van der Waals surface area contributed by atoms with Crippen molar-refractivity contribution in [1.82, 2.24) is 5.32 Å². The van der Waals surface area contributed by atoms with Crippen LogP contribution in [0.3, 0.4) is 0 Å². The largest absolute Gasteiger partial charge is 0.481 e. The molecule has 0 spiro atoms. The first-order valence-electron chi connectivity index (χ1n) is 6.25. The van der Waals surface area contributed by atoms with Gasteiger partial charge in [0.25, 0.3) is 0 Å². The summed E-state index contributed by atoms with van der Waals surface area (Å²) in [6.45, 7) is 1.92. The third kappa shape index (κ3) is 7.53. The lowest BCUT2D eigenvalue weighted by atomic mass is 10.1. The predicted octanol–water partition coefficient (Wildman–Crippen LogP) is 2.46. The fourth-order valence-electron chi connectivity index (χ4n) is 1.71. The van der Waals surface area contributed by atoms with Gasteiger partial charge in [-0.3, -0.25) is 4.79 Å². The molecule has 3 heteroatoms. The average Bonchev–Trinajstić information content (AvgIpc) is 2.33. The molecule has 1 rings (SSSR count). The van der Waals surface area contributed by atoms with E-state index in [9.17, 15) is 4.79 Å². The molecule has 0 atom stereocenters. The summed E-state index contributed by atoms with van der Waals surface area (Å²) >= 11 is 0. The van der Waals surface area contributed by atoms with Crippen molar-refractivity contribution in [2.24, 2.45) is 0 Å². The molecule has 0 saturated heterocycles. The molecule has 0 heterocycles. The summed E-state index contributed by atoms with van der Waals surface area (Å²) < 4.78 is 0. The van der Waals surface area contributed by atoms with E-state index in [1.54, 1.807) is 0 Å². The van der Waals surface area contributed by atoms with E-state index in [-0.39, 0.29) is 6.42 Å². The van der Waals surface area contributed by atoms with E-state index >= 15 is 0 Å². The van der Waals surface area contributed by atoms with E-state index in [1.165, 1.54) is 5.56 Å². The van der Waals surface area contributed by atoms with E-state index < -0.39 is 5.97 Å². The van der Waals surface area contributed by atoms with Gasteiger partial charge in [-0.05, 0) is 44.3 Å². The third-order valence-electron chi connectivity index (χ3n) is 2.66. The summed E-state index contributed by atoms with van der Waals surface area (Å²) in [5, 5.41) is 11.8. The monoisotopic (exact) mass is 235 g/mol. The number of rotatable bonds is 9. The minimum absolute atomic E-state index is 0.283. The number of hydrogen-bond acceptors (Lipinski definition) is 2. The van der Waals surface area contributed by atoms with Crippen LogP contribution in [0.25, 0.3) is 0 Å². The van der Waals surface area contributed by atoms with Gasteiger partial charge < -0.3 is 10.4 Å². The molecule has 0 aliphatic carbocycles. The number of unbranched alkanes of at least 4 members (excludes halogenated alkanes) is 1. The van der Waals surface area contributed by atoms with Gasteiger partial charge in [-0.15, -0.1) is 0 Å². The van der Waals surface area contributed by atoms with Crippen LogP contribution in [0, 0.1) is 0 Å². The molecule has 3 nitrogen and oxygen atoms in total. The maximum Gasteiger partial charge on any atom is 0.303 e. The van der Waals surface area contributed by atoms with Crippen molar-refractivity contribution >= 4 is 5.97 Å². The van der Waals surface area contributed by atoms with Crippen LogP contribution < -0.4 is 5.32 Å². The molecule has 0 amide bonds. The lowest BCUT2D eigenvalue weighted by Crippen LogP contribution is -2.17. The van der Waals surface area contributed by atoms with Gasteiger partial charge in [0.15, 0.2) is 0 Å². The van der Waals surface area contributed by atoms with Gasteiger partial charge in [0, 0.05) is 6.42 Å². The van der Waals surface area contributed by atoms with Crippen LogP contribution in [0.4, 0.5) is 0 Å². The second kappa shape index (κ2) is 8.76. The Bertz CT molecular complexity index is 311. The smallest absolute Gasteiger partial charge is 0.303 e. The lowest BCUT2D eigenvalue weighted by Gasteiger charge is -2.04. The standard InChI is InChI=1S/C14H21NO2/c16-14(17)10-4-5-11-15-12-6-9-13-7-2-1-3-8-13/h1-3,7-8,15H,4-6,9-12H2,(H,16,17). The van der Waals surface area contributed by atoms with Crippen molar-refractivity contribution in [2.45, 2.75) is 32.1 Å². The highest BCUT2D eigenvalue weighted by Crippen LogP contribution is 2.01. The second-order valence-corrected chi connectivity index (χ2v) is 4.19. The van der Waals surface area contributed by atoms with Crippen molar-refractivity contribution in [3.05, 3.63) is 35.9 Å². The maximum absolute atomic E-state index is 10.3. The van der Waals surface area contributed by atoms with Gasteiger partial charge >= 0.3 is 5.97 Å². The SMILES string of the molecule is O=C(O)CCCCNCCCc1ccccc1. The molecule has 1 aromatic carbocycles. The van der Waals surface area contributed by atoms with Crippen LogP contribution in [-0.2, 0) is 11.2 Å². The number of hydrogen-bond donors (Lipinski definition) is 2. The Balaban J connectivity index is 1.90. The van der Waals surface area contributed by atoms with E-state index in [4.69, 9.17) is 5.11 Å². The van der Waals surface area contributed by atoms with Crippen molar-refractivity contribution in [3.8, 4) is 0 Å². The highest BCUT2D eigenvalue weighted by molar-refractivity contribution is 5.66. The highest BCUT2D eigenvalue weighted by atomic mass is 16.4. The van der Waals surface area contributed by atoms with Crippen LogP contribution in [-0.4, -0.2) is 24.2 Å². The van der Waals surface area contributed by atoms with Crippen molar-refractivity contribution < 1.29 is 9.90 Å².